The number of methoxy groups -OCH3 is 1. The smallest absolute Gasteiger partial charge is 0.283 e. The van der Waals surface area contributed by atoms with Crippen molar-refractivity contribution in [3.63, 3.8) is 0 Å². The molecule has 0 aliphatic carbocycles. The second-order valence-electron chi connectivity index (χ2n) is 4.43. The number of carbonyl (C=O) groups excluding carboxylic acids is 1. The summed E-state index contributed by atoms with van der Waals surface area (Å²) in [4.78, 5) is 16.6. The predicted octanol–water partition coefficient (Wildman–Crippen LogP) is 2.42. The van der Waals surface area contributed by atoms with Crippen LogP contribution in [0.1, 0.15) is 27.9 Å². The van der Waals surface area contributed by atoms with Crippen molar-refractivity contribution in [2.75, 3.05) is 12.8 Å². The van der Waals surface area contributed by atoms with Crippen molar-refractivity contribution in [3.05, 3.63) is 33.3 Å². The number of aromatic nitrogens is 1. The first-order valence-electron chi connectivity index (χ1n) is 6.61. The number of amides is 1. The van der Waals surface area contributed by atoms with E-state index in [4.69, 9.17) is 22.1 Å². The summed E-state index contributed by atoms with van der Waals surface area (Å²) in [6, 6.07) is 3.04. The number of hydrogen-bond donors (Lipinski definition) is 3. The van der Waals surface area contributed by atoms with Gasteiger partial charge >= 0.3 is 0 Å². The Bertz CT molecular complexity index is 761. The van der Waals surface area contributed by atoms with E-state index in [1.165, 1.54) is 19.4 Å². The van der Waals surface area contributed by atoms with Crippen LogP contribution in [0.4, 0.5) is 5.13 Å². The molecule has 1 aromatic heterocycles. The molecule has 0 aliphatic rings. The van der Waals surface area contributed by atoms with Crippen molar-refractivity contribution in [3.8, 4) is 11.5 Å². The van der Waals surface area contributed by atoms with E-state index in [0.29, 0.717) is 27.7 Å². The quantitative estimate of drug-likeness (QED) is 0.564. The summed E-state index contributed by atoms with van der Waals surface area (Å²) in [5.41, 5.74) is 9.21. The number of nitrogens with two attached hydrogens (primary N) is 1. The molecule has 0 unspecified atom stereocenters. The summed E-state index contributed by atoms with van der Waals surface area (Å²) in [5.74, 6) is -0.319. The minimum absolute atomic E-state index is 0.126. The normalized spacial score (nSPS) is 10.9. The zero-order valence-electron chi connectivity index (χ0n) is 12.5. The standard InChI is InChI=1S/C14H15ClN4O3S/c1-3-9-12(23-14(16)18-9)13(21)19-17-6-7-4-8(15)11(20)10(5-7)22-2/h4-6,20H,3H2,1-2H3,(H2,16,18)(H,19,21)/b17-6-. The number of thiazole rings is 1. The Morgan fingerprint density at radius 3 is 3.00 bits per heavy atom. The number of halogens is 1. The summed E-state index contributed by atoms with van der Waals surface area (Å²) in [6.45, 7) is 1.89. The van der Waals surface area contributed by atoms with E-state index >= 15 is 0 Å². The first-order valence-corrected chi connectivity index (χ1v) is 7.80. The van der Waals surface area contributed by atoms with Gasteiger partial charge in [0.25, 0.3) is 5.91 Å². The van der Waals surface area contributed by atoms with Gasteiger partial charge in [-0.15, -0.1) is 0 Å². The molecule has 0 saturated heterocycles. The van der Waals surface area contributed by atoms with Gasteiger partial charge in [0.2, 0.25) is 0 Å². The van der Waals surface area contributed by atoms with Crippen molar-refractivity contribution < 1.29 is 14.6 Å². The Balaban J connectivity index is 2.12. The molecule has 23 heavy (non-hydrogen) atoms. The maximum absolute atomic E-state index is 12.1. The van der Waals surface area contributed by atoms with Gasteiger partial charge in [-0.05, 0) is 24.1 Å². The zero-order valence-corrected chi connectivity index (χ0v) is 14.0. The number of hydrazone groups is 1. The lowest BCUT2D eigenvalue weighted by Gasteiger charge is -2.06. The van der Waals surface area contributed by atoms with E-state index in [9.17, 15) is 9.90 Å². The number of nitrogens with one attached hydrogen (secondary N) is 1. The van der Waals surface area contributed by atoms with Gasteiger partial charge in [0.15, 0.2) is 16.6 Å². The number of ether oxygens (including phenoxy) is 1. The number of nitrogen functional groups attached to an aromatic ring is 1. The summed E-state index contributed by atoms with van der Waals surface area (Å²) in [6.07, 6.45) is 1.99. The number of anilines is 1. The highest BCUT2D eigenvalue weighted by Crippen LogP contribution is 2.34. The minimum atomic E-state index is -0.385. The average Bonchev–Trinajstić information content (AvgIpc) is 2.91. The highest BCUT2D eigenvalue weighted by Gasteiger charge is 2.15. The fraction of sp³-hybridized carbons (Fsp3) is 0.214. The van der Waals surface area contributed by atoms with Gasteiger partial charge in [-0.1, -0.05) is 29.9 Å². The molecule has 0 fully saturated rings. The number of aryl methyl sites for hydroxylation is 1. The molecule has 0 spiro atoms. The molecule has 0 radical (unpaired) electrons. The summed E-state index contributed by atoms with van der Waals surface area (Å²) < 4.78 is 4.99. The third-order valence-electron chi connectivity index (χ3n) is 2.91. The maximum atomic E-state index is 12.1. The summed E-state index contributed by atoms with van der Waals surface area (Å²) >= 11 is 6.99. The first kappa shape index (κ1) is 17.0. The molecule has 4 N–H and O–H groups in total. The van der Waals surface area contributed by atoms with Gasteiger partial charge in [0, 0.05) is 0 Å². The molecular weight excluding hydrogens is 340 g/mol. The van der Waals surface area contributed by atoms with E-state index in [2.05, 4.69) is 15.5 Å². The third kappa shape index (κ3) is 3.91. The van der Waals surface area contributed by atoms with Crippen molar-refractivity contribution in [1.82, 2.24) is 10.4 Å². The molecular formula is C14H15ClN4O3S. The van der Waals surface area contributed by atoms with Crippen LogP contribution in [0.2, 0.25) is 5.02 Å². The van der Waals surface area contributed by atoms with Crippen LogP contribution < -0.4 is 15.9 Å². The fourth-order valence-electron chi connectivity index (χ4n) is 1.83. The molecule has 9 heteroatoms. The highest BCUT2D eigenvalue weighted by atomic mass is 35.5. The van der Waals surface area contributed by atoms with Gasteiger partial charge in [-0.3, -0.25) is 4.79 Å². The van der Waals surface area contributed by atoms with Crippen LogP contribution in [0.25, 0.3) is 0 Å². The largest absolute Gasteiger partial charge is 0.503 e. The molecule has 0 saturated carbocycles. The monoisotopic (exact) mass is 354 g/mol. The van der Waals surface area contributed by atoms with E-state index in [1.807, 2.05) is 6.92 Å². The van der Waals surface area contributed by atoms with Crippen LogP contribution >= 0.6 is 22.9 Å². The van der Waals surface area contributed by atoms with Gasteiger partial charge in [0.1, 0.15) is 4.88 Å². The molecule has 2 aromatic rings. The predicted molar refractivity (Wildman–Crippen MR) is 90.6 cm³/mol. The summed E-state index contributed by atoms with van der Waals surface area (Å²) in [5, 5.41) is 14.0. The average molecular weight is 355 g/mol. The Kier molecular flexibility index (Phi) is 5.41. The van der Waals surface area contributed by atoms with Crippen molar-refractivity contribution in [1.29, 1.82) is 0 Å². The Morgan fingerprint density at radius 1 is 1.61 bits per heavy atom. The molecule has 7 nitrogen and oxygen atoms in total. The van der Waals surface area contributed by atoms with Crippen LogP contribution in [0.15, 0.2) is 17.2 Å². The van der Waals surface area contributed by atoms with Crippen molar-refractivity contribution in [2.24, 2.45) is 5.10 Å². The van der Waals surface area contributed by atoms with Crippen LogP contribution in [-0.4, -0.2) is 29.3 Å². The third-order valence-corrected chi connectivity index (χ3v) is 4.12. The maximum Gasteiger partial charge on any atom is 0.283 e. The van der Waals surface area contributed by atoms with E-state index in [1.54, 1.807) is 6.07 Å². The van der Waals surface area contributed by atoms with Crippen LogP contribution in [0, 0.1) is 0 Å². The summed E-state index contributed by atoms with van der Waals surface area (Å²) in [7, 11) is 1.41. The molecule has 1 heterocycles. The number of hydrogen-bond acceptors (Lipinski definition) is 7. The second-order valence-corrected chi connectivity index (χ2v) is 5.87. The lowest BCUT2D eigenvalue weighted by molar-refractivity contribution is 0.0958. The fourth-order valence-corrected chi connectivity index (χ4v) is 2.86. The number of phenolic OH excluding ortho intramolecular Hbond substituents is 1. The van der Waals surface area contributed by atoms with E-state index in [-0.39, 0.29) is 22.4 Å². The zero-order chi connectivity index (χ0) is 17.0. The van der Waals surface area contributed by atoms with Crippen LogP contribution in [0.5, 0.6) is 11.5 Å². The SMILES string of the molecule is CCc1nc(N)sc1C(=O)N/N=C\c1cc(Cl)c(O)c(OC)c1. The van der Waals surface area contributed by atoms with Gasteiger partial charge < -0.3 is 15.6 Å². The second kappa shape index (κ2) is 7.30. The number of benzene rings is 1. The van der Waals surface area contributed by atoms with Gasteiger partial charge in [-0.25, -0.2) is 10.4 Å². The number of phenols is 1. The molecule has 0 atom stereocenters. The highest BCUT2D eigenvalue weighted by molar-refractivity contribution is 7.17. The topological polar surface area (TPSA) is 110 Å². The Hall–Kier alpha value is -2.32. The lowest BCUT2D eigenvalue weighted by Crippen LogP contribution is -2.17. The number of aromatic hydroxyl groups is 1. The van der Waals surface area contributed by atoms with Gasteiger partial charge in [-0.2, -0.15) is 5.10 Å². The molecule has 2 rings (SSSR count). The van der Waals surface area contributed by atoms with E-state index in [0.717, 1.165) is 11.3 Å². The molecule has 0 aliphatic heterocycles. The van der Waals surface area contributed by atoms with Gasteiger partial charge in [0.05, 0.1) is 24.0 Å². The minimum Gasteiger partial charge on any atom is -0.503 e. The molecule has 1 aromatic carbocycles. The number of carbonyl (C=O) groups is 1. The first-order chi connectivity index (χ1) is 11.0. The Labute approximate surface area is 141 Å². The lowest BCUT2D eigenvalue weighted by atomic mass is 10.2. The van der Waals surface area contributed by atoms with Crippen molar-refractivity contribution >= 4 is 40.2 Å². The number of nitrogens with zero attached hydrogens (tertiary/aromatic N) is 2. The van der Waals surface area contributed by atoms with Crippen LogP contribution in [0.3, 0.4) is 0 Å². The molecule has 1 amide bonds. The van der Waals surface area contributed by atoms with Crippen molar-refractivity contribution in [2.45, 2.75) is 13.3 Å². The Morgan fingerprint density at radius 2 is 2.35 bits per heavy atom. The van der Waals surface area contributed by atoms with Crippen LogP contribution in [-0.2, 0) is 6.42 Å². The molecule has 0 bridgehead atoms. The van der Waals surface area contributed by atoms with E-state index < -0.39 is 0 Å². The molecule has 122 valence electrons. The number of rotatable bonds is 5.